The molecular weight excluding hydrogens is 404 g/mol. The van der Waals surface area contributed by atoms with E-state index in [2.05, 4.69) is 15.2 Å². The minimum atomic E-state index is -2.99. The van der Waals surface area contributed by atoms with Crippen LogP contribution in [-0.2, 0) is 6.54 Å². The number of carbonyl (C=O) groups is 1. The van der Waals surface area contributed by atoms with Gasteiger partial charge in [0, 0.05) is 22.8 Å². The molecule has 0 saturated carbocycles. The second-order valence-electron chi connectivity index (χ2n) is 5.96. The highest BCUT2D eigenvalue weighted by Gasteiger charge is 2.15. The first-order valence-electron chi connectivity index (χ1n) is 8.75. The number of hydrogen-bond donors (Lipinski definition) is 1. The zero-order valence-electron chi connectivity index (χ0n) is 15.4. The number of hydrogen-bond acceptors (Lipinski definition) is 4. The van der Waals surface area contributed by atoms with Crippen LogP contribution in [0, 0.1) is 0 Å². The molecule has 0 aliphatic heterocycles. The second kappa shape index (κ2) is 9.38. The van der Waals surface area contributed by atoms with Crippen LogP contribution in [0.1, 0.15) is 22.8 Å². The number of ether oxygens (including phenoxy) is 2. The number of alkyl halides is 2. The van der Waals surface area contributed by atoms with E-state index < -0.39 is 12.5 Å². The molecule has 1 N–H and O–H groups in total. The summed E-state index contributed by atoms with van der Waals surface area (Å²) in [4.78, 5) is 12.5. The fourth-order valence-electron chi connectivity index (χ4n) is 2.64. The summed E-state index contributed by atoms with van der Waals surface area (Å²) >= 11 is 5.98. The Balaban J connectivity index is 1.70. The minimum absolute atomic E-state index is 0.0620. The normalized spacial score (nSPS) is 10.8. The Morgan fingerprint density at radius 3 is 2.76 bits per heavy atom. The first-order valence-corrected chi connectivity index (χ1v) is 9.13. The lowest BCUT2D eigenvalue weighted by atomic mass is 10.2. The van der Waals surface area contributed by atoms with Gasteiger partial charge in [-0.15, -0.1) is 0 Å². The predicted octanol–water partition coefficient (Wildman–Crippen LogP) is 4.84. The Labute approximate surface area is 171 Å². The third-order valence-electron chi connectivity index (χ3n) is 3.84. The van der Waals surface area contributed by atoms with Gasteiger partial charge in [-0.2, -0.15) is 13.9 Å². The van der Waals surface area contributed by atoms with E-state index in [9.17, 15) is 13.6 Å². The molecule has 0 saturated heterocycles. The first-order chi connectivity index (χ1) is 13.9. The molecule has 3 rings (SSSR count). The molecule has 0 bridgehead atoms. The Morgan fingerprint density at radius 2 is 2.03 bits per heavy atom. The van der Waals surface area contributed by atoms with Crippen LogP contribution in [0.25, 0.3) is 0 Å². The Kier molecular flexibility index (Phi) is 6.66. The van der Waals surface area contributed by atoms with Gasteiger partial charge >= 0.3 is 6.61 Å². The molecule has 0 atom stereocenters. The van der Waals surface area contributed by atoms with Crippen LogP contribution in [0.15, 0.2) is 54.7 Å². The van der Waals surface area contributed by atoms with Gasteiger partial charge in [0.2, 0.25) is 0 Å². The highest BCUT2D eigenvalue weighted by molar-refractivity contribution is 6.30. The van der Waals surface area contributed by atoms with E-state index in [1.165, 1.54) is 18.2 Å². The molecule has 0 unspecified atom stereocenters. The van der Waals surface area contributed by atoms with E-state index in [-0.39, 0.29) is 23.7 Å². The van der Waals surface area contributed by atoms with Gasteiger partial charge in [0.05, 0.1) is 13.2 Å². The van der Waals surface area contributed by atoms with Gasteiger partial charge in [-0.05, 0) is 42.8 Å². The van der Waals surface area contributed by atoms with Crippen LogP contribution >= 0.6 is 11.6 Å². The van der Waals surface area contributed by atoms with Crippen LogP contribution in [0.5, 0.6) is 11.5 Å². The zero-order chi connectivity index (χ0) is 20.8. The number of nitrogens with one attached hydrogen (secondary N) is 1. The Bertz CT molecular complexity index is 995. The van der Waals surface area contributed by atoms with Crippen LogP contribution in [0.4, 0.5) is 14.6 Å². The molecule has 0 fully saturated rings. The van der Waals surface area contributed by atoms with Crippen molar-refractivity contribution < 1.29 is 23.0 Å². The molecule has 1 amide bonds. The molecule has 2 aromatic carbocycles. The van der Waals surface area contributed by atoms with Crippen molar-refractivity contribution in [1.29, 1.82) is 0 Å². The van der Waals surface area contributed by atoms with Crippen molar-refractivity contribution >= 4 is 23.3 Å². The number of aromatic nitrogens is 2. The molecule has 6 nitrogen and oxygen atoms in total. The summed E-state index contributed by atoms with van der Waals surface area (Å²) in [7, 11) is 0. The molecule has 0 aliphatic carbocycles. The van der Waals surface area contributed by atoms with Crippen LogP contribution in [0.2, 0.25) is 5.02 Å². The van der Waals surface area contributed by atoms with Gasteiger partial charge in [0.25, 0.3) is 5.91 Å². The summed E-state index contributed by atoms with van der Waals surface area (Å²) in [5.74, 6) is -0.179. The lowest BCUT2D eigenvalue weighted by Gasteiger charge is -2.12. The van der Waals surface area contributed by atoms with E-state index in [1.807, 2.05) is 18.2 Å². The van der Waals surface area contributed by atoms with Crippen molar-refractivity contribution in [3.63, 3.8) is 0 Å². The van der Waals surface area contributed by atoms with Gasteiger partial charge in [-0.3, -0.25) is 9.48 Å². The van der Waals surface area contributed by atoms with E-state index >= 15 is 0 Å². The van der Waals surface area contributed by atoms with Gasteiger partial charge in [-0.25, -0.2) is 0 Å². The van der Waals surface area contributed by atoms with Crippen molar-refractivity contribution in [2.75, 3.05) is 11.9 Å². The van der Waals surface area contributed by atoms with Crippen molar-refractivity contribution in [2.45, 2.75) is 20.1 Å². The SMILES string of the molecule is CCOc1cc(C(=O)Nc2ccn(Cc3cccc(Cl)c3)n2)ccc1OC(F)F. The van der Waals surface area contributed by atoms with E-state index in [0.29, 0.717) is 17.4 Å². The first kappa shape index (κ1) is 20.6. The summed E-state index contributed by atoms with van der Waals surface area (Å²) in [6, 6.07) is 13.0. The van der Waals surface area contributed by atoms with Crippen molar-refractivity contribution in [2.24, 2.45) is 0 Å². The van der Waals surface area contributed by atoms with Crippen molar-refractivity contribution in [1.82, 2.24) is 9.78 Å². The molecule has 1 heterocycles. The third-order valence-corrected chi connectivity index (χ3v) is 4.07. The maximum atomic E-state index is 12.5. The maximum Gasteiger partial charge on any atom is 0.387 e. The standard InChI is InChI=1S/C20H18ClF2N3O3/c1-2-28-17-11-14(6-7-16(17)29-20(22)23)19(27)24-18-8-9-26(25-18)12-13-4-3-5-15(21)10-13/h3-11,20H,2,12H2,1H3,(H,24,25,27). The monoisotopic (exact) mass is 421 g/mol. The van der Waals surface area contributed by atoms with Crippen LogP contribution in [-0.4, -0.2) is 28.9 Å². The third kappa shape index (κ3) is 5.68. The predicted molar refractivity (Wildman–Crippen MR) is 105 cm³/mol. The Morgan fingerprint density at radius 1 is 1.21 bits per heavy atom. The van der Waals surface area contributed by atoms with E-state index in [4.69, 9.17) is 16.3 Å². The van der Waals surface area contributed by atoms with Crippen LogP contribution < -0.4 is 14.8 Å². The summed E-state index contributed by atoms with van der Waals surface area (Å²) in [5.41, 5.74) is 1.19. The number of benzene rings is 2. The van der Waals surface area contributed by atoms with Crippen molar-refractivity contribution in [3.8, 4) is 11.5 Å². The number of carbonyl (C=O) groups excluding carboxylic acids is 1. The second-order valence-corrected chi connectivity index (χ2v) is 6.39. The number of nitrogens with zero attached hydrogens (tertiary/aromatic N) is 2. The largest absolute Gasteiger partial charge is 0.490 e. The minimum Gasteiger partial charge on any atom is -0.490 e. The lowest BCUT2D eigenvalue weighted by Crippen LogP contribution is -2.13. The summed E-state index contributed by atoms with van der Waals surface area (Å²) < 4.78 is 36.3. The van der Waals surface area contributed by atoms with Gasteiger partial charge in [-0.1, -0.05) is 23.7 Å². The average Bonchev–Trinajstić information content (AvgIpc) is 3.09. The average molecular weight is 422 g/mol. The summed E-state index contributed by atoms with van der Waals surface area (Å²) in [6.07, 6.45) is 1.72. The fraction of sp³-hybridized carbons (Fsp3) is 0.200. The number of amides is 1. The van der Waals surface area contributed by atoms with Gasteiger partial charge in [0.15, 0.2) is 17.3 Å². The fourth-order valence-corrected chi connectivity index (χ4v) is 2.85. The quantitative estimate of drug-likeness (QED) is 0.565. The zero-order valence-corrected chi connectivity index (χ0v) is 16.2. The lowest BCUT2D eigenvalue weighted by molar-refractivity contribution is -0.0514. The highest BCUT2D eigenvalue weighted by atomic mass is 35.5. The smallest absolute Gasteiger partial charge is 0.387 e. The molecule has 0 spiro atoms. The number of halogens is 3. The topological polar surface area (TPSA) is 65.4 Å². The molecule has 0 radical (unpaired) electrons. The molecule has 9 heteroatoms. The van der Waals surface area contributed by atoms with E-state index in [1.54, 1.807) is 29.9 Å². The molecule has 29 heavy (non-hydrogen) atoms. The maximum absolute atomic E-state index is 12.5. The molecule has 152 valence electrons. The number of anilines is 1. The molecular formula is C20H18ClF2N3O3. The van der Waals surface area contributed by atoms with Crippen LogP contribution in [0.3, 0.4) is 0 Å². The molecule has 0 aliphatic rings. The molecule has 3 aromatic rings. The summed E-state index contributed by atoms with van der Waals surface area (Å²) in [6.45, 7) is -0.563. The highest BCUT2D eigenvalue weighted by Crippen LogP contribution is 2.30. The Hall–Kier alpha value is -3.13. The van der Waals surface area contributed by atoms with Crippen molar-refractivity contribution in [3.05, 3.63) is 70.9 Å². The molecule has 1 aromatic heterocycles. The number of rotatable bonds is 8. The van der Waals surface area contributed by atoms with Gasteiger partial charge in [0.1, 0.15) is 0 Å². The van der Waals surface area contributed by atoms with Gasteiger partial charge < -0.3 is 14.8 Å². The van der Waals surface area contributed by atoms with E-state index in [0.717, 1.165) is 5.56 Å². The summed E-state index contributed by atoms with van der Waals surface area (Å²) in [5, 5.41) is 7.60.